The van der Waals surface area contributed by atoms with Crippen LogP contribution in [0.4, 0.5) is 0 Å². The molecule has 0 amide bonds. The normalized spacial score (nSPS) is 24.1. The van der Waals surface area contributed by atoms with Crippen molar-refractivity contribution in [3.05, 3.63) is 29.8 Å². The van der Waals surface area contributed by atoms with Gasteiger partial charge in [-0.25, -0.2) is 13.2 Å². The summed E-state index contributed by atoms with van der Waals surface area (Å²) in [4.78, 5) is 11.0. The molecule has 1 aromatic rings. The number of hydrogen-bond acceptors (Lipinski definition) is 3. The van der Waals surface area contributed by atoms with Crippen LogP contribution in [0.1, 0.15) is 43.0 Å². The molecule has 0 bridgehead atoms. The van der Waals surface area contributed by atoms with Crippen LogP contribution < -0.4 is 0 Å². The van der Waals surface area contributed by atoms with Crippen LogP contribution in [0, 0.1) is 5.92 Å². The zero-order valence-corrected chi connectivity index (χ0v) is 11.7. The van der Waals surface area contributed by atoms with Crippen LogP contribution in [0.5, 0.6) is 0 Å². The molecule has 0 saturated heterocycles. The first-order chi connectivity index (χ1) is 8.91. The molecule has 19 heavy (non-hydrogen) atoms. The van der Waals surface area contributed by atoms with Crippen LogP contribution in [0.15, 0.2) is 29.2 Å². The van der Waals surface area contributed by atoms with Crippen molar-refractivity contribution in [3.63, 3.8) is 0 Å². The molecule has 0 spiro atoms. The first-order valence-electron chi connectivity index (χ1n) is 6.48. The molecule has 0 radical (unpaired) electrons. The molecule has 0 aliphatic heterocycles. The molecule has 0 heterocycles. The predicted molar refractivity (Wildman–Crippen MR) is 72.0 cm³/mol. The smallest absolute Gasteiger partial charge is 0.335 e. The number of rotatable bonds is 3. The van der Waals surface area contributed by atoms with E-state index in [2.05, 4.69) is 6.92 Å². The number of hydrogen-bond donors (Lipinski definition) is 1. The highest BCUT2D eigenvalue weighted by Gasteiger charge is 2.31. The van der Waals surface area contributed by atoms with Gasteiger partial charge < -0.3 is 5.11 Å². The molecule has 0 aromatic heterocycles. The van der Waals surface area contributed by atoms with Crippen LogP contribution >= 0.6 is 0 Å². The average Bonchev–Trinajstić information content (AvgIpc) is 2.39. The van der Waals surface area contributed by atoms with Crippen molar-refractivity contribution in [2.45, 2.75) is 42.8 Å². The van der Waals surface area contributed by atoms with Crippen LogP contribution in [0.2, 0.25) is 0 Å². The minimum Gasteiger partial charge on any atom is -0.478 e. The highest BCUT2D eigenvalue weighted by atomic mass is 32.2. The lowest BCUT2D eigenvalue weighted by Crippen LogP contribution is -2.27. The van der Waals surface area contributed by atoms with Crippen molar-refractivity contribution in [2.24, 2.45) is 5.92 Å². The number of benzene rings is 1. The van der Waals surface area contributed by atoms with E-state index in [1.54, 1.807) is 0 Å². The van der Waals surface area contributed by atoms with Crippen molar-refractivity contribution < 1.29 is 18.3 Å². The van der Waals surface area contributed by atoms with Crippen LogP contribution in [-0.2, 0) is 9.84 Å². The number of carboxylic acid groups (broad SMARTS) is 1. The molecule has 2 unspecified atom stereocenters. The Kier molecular flexibility index (Phi) is 3.94. The molecule has 2 atom stereocenters. The van der Waals surface area contributed by atoms with Crippen LogP contribution in [0.25, 0.3) is 0 Å². The van der Waals surface area contributed by atoms with E-state index >= 15 is 0 Å². The lowest BCUT2D eigenvalue weighted by molar-refractivity contribution is 0.0697. The number of carboxylic acids is 1. The zero-order valence-electron chi connectivity index (χ0n) is 10.9. The minimum atomic E-state index is -3.33. The largest absolute Gasteiger partial charge is 0.478 e. The van der Waals surface area contributed by atoms with Crippen molar-refractivity contribution in [1.82, 2.24) is 0 Å². The van der Waals surface area contributed by atoms with Crippen LogP contribution in [-0.4, -0.2) is 24.7 Å². The summed E-state index contributed by atoms with van der Waals surface area (Å²) >= 11 is 0. The molecular formula is C14H18O4S. The first-order valence-corrected chi connectivity index (χ1v) is 8.03. The topological polar surface area (TPSA) is 71.4 Å². The fraction of sp³-hybridized carbons (Fsp3) is 0.500. The van der Waals surface area contributed by atoms with Gasteiger partial charge in [0.25, 0.3) is 0 Å². The summed E-state index contributed by atoms with van der Waals surface area (Å²) in [6.45, 7) is 2.08. The summed E-state index contributed by atoms with van der Waals surface area (Å²) < 4.78 is 24.9. The number of carbonyl (C=O) groups is 1. The SMILES string of the molecule is CC1CCCC(S(=O)(=O)c2ccc(C(=O)O)cc2)C1. The second kappa shape index (κ2) is 5.33. The van der Waals surface area contributed by atoms with Gasteiger partial charge in [0.1, 0.15) is 0 Å². The third-order valence-corrected chi connectivity index (χ3v) is 5.99. The van der Waals surface area contributed by atoms with Gasteiger partial charge in [-0.15, -0.1) is 0 Å². The summed E-state index contributed by atoms with van der Waals surface area (Å²) in [5.41, 5.74) is 0.107. The Labute approximate surface area is 113 Å². The zero-order chi connectivity index (χ0) is 14.0. The maximum atomic E-state index is 12.5. The molecule has 1 N–H and O–H groups in total. The monoisotopic (exact) mass is 282 g/mol. The van der Waals surface area contributed by atoms with E-state index in [-0.39, 0.29) is 15.7 Å². The first kappa shape index (κ1) is 14.1. The van der Waals surface area contributed by atoms with Gasteiger partial charge in [0.05, 0.1) is 15.7 Å². The van der Waals surface area contributed by atoms with E-state index in [1.165, 1.54) is 24.3 Å². The van der Waals surface area contributed by atoms with Gasteiger partial charge in [0.15, 0.2) is 9.84 Å². The molecule has 104 valence electrons. The summed E-state index contributed by atoms with van der Waals surface area (Å²) in [5.74, 6) is -0.609. The molecule has 2 rings (SSSR count). The van der Waals surface area contributed by atoms with E-state index in [0.717, 1.165) is 12.8 Å². The third kappa shape index (κ3) is 2.97. The maximum Gasteiger partial charge on any atom is 0.335 e. The second-order valence-electron chi connectivity index (χ2n) is 5.27. The highest BCUT2D eigenvalue weighted by molar-refractivity contribution is 7.92. The lowest BCUT2D eigenvalue weighted by Gasteiger charge is -2.26. The fourth-order valence-corrected chi connectivity index (χ4v) is 4.60. The van der Waals surface area contributed by atoms with Gasteiger partial charge in [-0.1, -0.05) is 19.8 Å². The molecule has 4 nitrogen and oxygen atoms in total. The van der Waals surface area contributed by atoms with Gasteiger partial charge >= 0.3 is 5.97 Å². The van der Waals surface area contributed by atoms with Gasteiger partial charge in [-0.05, 0) is 43.0 Å². The van der Waals surface area contributed by atoms with E-state index < -0.39 is 15.8 Å². The van der Waals surface area contributed by atoms with Crippen LogP contribution in [0.3, 0.4) is 0 Å². The van der Waals surface area contributed by atoms with Crippen molar-refractivity contribution >= 4 is 15.8 Å². The van der Waals surface area contributed by atoms with Crippen molar-refractivity contribution in [2.75, 3.05) is 0 Å². The van der Waals surface area contributed by atoms with Gasteiger partial charge in [-0.2, -0.15) is 0 Å². The molecule has 1 fully saturated rings. The van der Waals surface area contributed by atoms with E-state index in [0.29, 0.717) is 18.8 Å². The van der Waals surface area contributed by atoms with Gasteiger partial charge in [-0.3, -0.25) is 0 Å². The molecule has 5 heteroatoms. The molecule has 1 aliphatic rings. The maximum absolute atomic E-state index is 12.5. The van der Waals surface area contributed by atoms with Crippen molar-refractivity contribution in [3.8, 4) is 0 Å². The number of aromatic carboxylic acids is 1. The van der Waals surface area contributed by atoms with E-state index in [1.807, 2.05) is 0 Å². The summed E-state index contributed by atoms with van der Waals surface area (Å²) in [6.07, 6.45) is 3.43. The number of sulfone groups is 1. The van der Waals surface area contributed by atoms with Gasteiger partial charge in [0, 0.05) is 0 Å². The summed E-state index contributed by atoms with van der Waals surface area (Å²) in [5, 5.41) is 8.49. The molecule has 1 saturated carbocycles. The highest BCUT2D eigenvalue weighted by Crippen LogP contribution is 2.31. The Morgan fingerprint density at radius 2 is 1.84 bits per heavy atom. The van der Waals surface area contributed by atoms with E-state index in [9.17, 15) is 13.2 Å². The Hall–Kier alpha value is -1.36. The molecular weight excluding hydrogens is 264 g/mol. The summed E-state index contributed by atoms with van der Waals surface area (Å²) in [6, 6.07) is 5.50. The molecule has 1 aliphatic carbocycles. The van der Waals surface area contributed by atoms with Crippen molar-refractivity contribution in [1.29, 1.82) is 0 Å². The van der Waals surface area contributed by atoms with E-state index in [4.69, 9.17) is 5.11 Å². The minimum absolute atomic E-state index is 0.107. The molecule has 1 aromatic carbocycles. The quantitative estimate of drug-likeness (QED) is 0.925. The third-order valence-electron chi connectivity index (χ3n) is 3.76. The Bertz CT molecular complexity index is 560. The van der Waals surface area contributed by atoms with Gasteiger partial charge in [0.2, 0.25) is 0 Å². The summed E-state index contributed by atoms with van der Waals surface area (Å²) in [7, 11) is -3.33. The standard InChI is InChI=1S/C14H18O4S/c1-10-3-2-4-13(9-10)19(17,18)12-7-5-11(6-8-12)14(15)16/h5-8,10,13H,2-4,9H2,1H3,(H,15,16). The fourth-order valence-electron chi connectivity index (χ4n) is 2.64. The Morgan fingerprint density at radius 1 is 1.21 bits per heavy atom. The lowest BCUT2D eigenvalue weighted by atomic mass is 9.91. The second-order valence-corrected chi connectivity index (χ2v) is 7.50. The Balaban J connectivity index is 2.26. The predicted octanol–water partition coefficient (Wildman–Crippen LogP) is 2.74. The average molecular weight is 282 g/mol. The Morgan fingerprint density at radius 3 is 2.37 bits per heavy atom.